The van der Waals surface area contributed by atoms with E-state index in [-0.39, 0.29) is 18.3 Å². The second-order valence-corrected chi connectivity index (χ2v) is 6.94. The molecule has 3 aromatic rings. The third-order valence-corrected chi connectivity index (χ3v) is 5.10. The molecule has 144 valence electrons. The minimum Gasteiger partial charge on any atom is -0.493 e. The molecule has 1 aromatic heterocycles. The monoisotopic (exact) mass is 378 g/mol. The average Bonchev–Trinajstić information content (AvgIpc) is 3.32. The maximum atomic E-state index is 11.8. The highest BCUT2D eigenvalue weighted by atomic mass is 16.5. The smallest absolute Gasteiger partial charge is 0.356 e. The Labute approximate surface area is 163 Å². The zero-order valence-corrected chi connectivity index (χ0v) is 15.4. The summed E-state index contributed by atoms with van der Waals surface area (Å²) in [6, 6.07) is 15.8. The number of hydrogen-bond acceptors (Lipinski definition) is 4. The summed E-state index contributed by atoms with van der Waals surface area (Å²) in [6.07, 6.45) is 3.88. The molecule has 4 rings (SSSR count). The lowest BCUT2D eigenvalue weighted by molar-refractivity contribution is 0.0692. The quantitative estimate of drug-likeness (QED) is 0.616. The van der Waals surface area contributed by atoms with E-state index in [1.54, 1.807) is 6.33 Å². The Balaban J connectivity index is 1.70. The number of hydrogen-bond donors (Lipinski definition) is 2. The number of carboxylic acids is 1. The number of aromatic carboxylic acids is 1. The lowest BCUT2D eigenvalue weighted by Gasteiger charge is -2.16. The molecule has 0 saturated carbocycles. The highest BCUT2D eigenvalue weighted by Gasteiger charge is 2.28. The lowest BCUT2D eigenvalue weighted by atomic mass is 10.1. The first kappa shape index (κ1) is 18.3. The first-order chi connectivity index (χ1) is 13.7. The minimum atomic E-state index is -1.05. The van der Waals surface area contributed by atoms with Gasteiger partial charge in [-0.2, -0.15) is 0 Å². The van der Waals surface area contributed by atoms with Crippen molar-refractivity contribution in [3.63, 3.8) is 0 Å². The van der Waals surface area contributed by atoms with Gasteiger partial charge in [0, 0.05) is 24.6 Å². The van der Waals surface area contributed by atoms with Gasteiger partial charge in [-0.25, -0.2) is 9.78 Å². The molecule has 0 radical (unpaired) electrons. The molecule has 0 fully saturated rings. The normalized spacial score (nSPS) is 13.5. The van der Waals surface area contributed by atoms with Gasteiger partial charge in [-0.3, -0.25) is 0 Å². The maximum absolute atomic E-state index is 11.8. The van der Waals surface area contributed by atoms with E-state index in [1.165, 1.54) is 11.1 Å². The maximum Gasteiger partial charge on any atom is 0.356 e. The minimum absolute atomic E-state index is 0.0449. The fourth-order valence-corrected chi connectivity index (χ4v) is 3.80. The molecule has 2 N–H and O–H groups in total. The van der Waals surface area contributed by atoms with Crippen molar-refractivity contribution in [1.29, 1.82) is 0 Å². The first-order valence-corrected chi connectivity index (χ1v) is 9.38. The van der Waals surface area contributed by atoms with Gasteiger partial charge in [-0.15, -0.1) is 0 Å². The molecule has 0 aliphatic heterocycles. The van der Waals surface area contributed by atoms with Gasteiger partial charge in [0.15, 0.2) is 5.69 Å². The van der Waals surface area contributed by atoms with Gasteiger partial charge in [0.1, 0.15) is 5.75 Å². The van der Waals surface area contributed by atoms with Gasteiger partial charge in [-0.05, 0) is 36.1 Å². The molecule has 0 spiro atoms. The lowest BCUT2D eigenvalue weighted by Crippen LogP contribution is -2.11. The summed E-state index contributed by atoms with van der Waals surface area (Å²) in [6.45, 7) is 0.473. The van der Waals surface area contributed by atoms with Crippen molar-refractivity contribution >= 4 is 5.97 Å². The van der Waals surface area contributed by atoms with Crippen LogP contribution < -0.4 is 4.74 Å². The van der Waals surface area contributed by atoms with Crippen LogP contribution in [0.15, 0.2) is 54.9 Å². The molecule has 1 heterocycles. The van der Waals surface area contributed by atoms with Crippen LogP contribution >= 0.6 is 0 Å². The summed E-state index contributed by atoms with van der Waals surface area (Å²) in [5, 5.41) is 18.6. The average molecular weight is 378 g/mol. The number of aromatic nitrogens is 2. The van der Waals surface area contributed by atoms with Crippen molar-refractivity contribution in [2.75, 3.05) is 13.2 Å². The Morgan fingerprint density at radius 3 is 2.57 bits per heavy atom. The molecule has 0 saturated heterocycles. The molecule has 28 heavy (non-hydrogen) atoms. The number of fused-ring (bicyclic) bond motifs is 1. The third-order valence-electron chi connectivity index (χ3n) is 5.10. The van der Waals surface area contributed by atoms with Gasteiger partial charge >= 0.3 is 5.97 Å². The highest BCUT2D eigenvalue weighted by Crippen LogP contribution is 2.35. The highest BCUT2D eigenvalue weighted by molar-refractivity contribution is 5.93. The van der Waals surface area contributed by atoms with Crippen LogP contribution in [0.3, 0.4) is 0 Å². The van der Waals surface area contributed by atoms with E-state index in [0.29, 0.717) is 24.5 Å². The second-order valence-electron chi connectivity index (χ2n) is 6.94. The number of benzene rings is 2. The fraction of sp³-hybridized carbons (Fsp3) is 0.273. The molecule has 0 amide bonds. The first-order valence-electron chi connectivity index (χ1n) is 9.38. The van der Waals surface area contributed by atoms with E-state index in [1.807, 2.05) is 41.0 Å². The van der Waals surface area contributed by atoms with Crippen molar-refractivity contribution < 1.29 is 19.7 Å². The van der Waals surface area contributed by atoms with Crippen LogP contribution in [0.4, 0.5) is 0 Å². The predicted octanol–water partition coefficient (Wildman–Crippen LogP) is 3.35. The number of aliphatic hydroxyl groups is 1. The summed E-state index contributed by atoms with van der Waals surface area (Å²) in [5.41, 5.74) is 3.99. The molecule has 1 aliphatic carbocycles. The van der Waals surface area contributed by atoms with Gasteiger partial charge in [0.2, 0.25) is 0 Å². The molecular weight excluding hydrogens is 356 g/mol. The Hall–Kier alpha value is -3.12. The molecule has 2 aromatic carbocycles. The van der Waals surface area contributed by atoms with E-state index in [2.05, 4.69) is 17.1 Å². The number of aliphatic hydroxyl groups excluding tert-OH is 1. The number of carbonyl (C=O) groups is 1. The molecule has 6 nitrogen and oxygen atoms in total. The van der Waals surface area contributed by atoms with Crippen LogP contribution in [0, 0.1) is 0 Å². The molecule has 1 aliphatic rings. The van der Waals surface area contributed by atoms with Gasteiger partial charge < -0.3 is 19.5 Å². The number of imidazole rings is 1. The third kappa shape index (κ3) is 3.51. The van der Waals surface area contributed by atoms with Gasteiger partial charge in [0.05, 0.1) is 18.6 Å². The Kier molecular flexibility index (Phi) is 5.12. The second kappa shape index (κ2) is 7.86. The van der Waals surface area contributed by atoms with Crippen molar-refractivity contribution in [3.05, 3.63) is 71.7 Å². The molecule has 6 heteroatoms. The van der Waals surface area contributed by atoms with Gasteiger partial charge in [0.25, 0.3) is 0 Å². The van der Waals surface area contributed by atoms with Crippen LogP contribution in [0.5, 0.6) is 5.75 Å². The predicted molar refractivity (Wildman–Crippen MR) is 105 cm³/mol. The number of rotatable bonds is 7. The Bertz CT molecular complexity index is 971. The molecule has 0 bridgehead atoms. The summed E-state index contributed by atoms with van der Waals surface area (Å²) >= 11 is 0. The topological polar surface area (TPSA) is 84.6 Å². The van der Waals surface area contributed by atoms with E-state index in [9.17, 15) is 9.90 Å². The standard InChI is InChI=1S/C22H22N2O4/c25-9-4-10-28-19-8-3-7-17(13-19)21-20(22(26)27)23-14-24(21)18-11-15-5-1-2-6-16(15)12-18/h1-3,5-8,13-14,18,25H,4,9-12H2,(H,26,27). The molecule has 0 atom stereocenters. The van der Waals surface area contributed by atoms with E-state index in [0.717, 1.165) is 18.4 Å². The van der Waals surface area contributed by atoms with Crippen LogP contribution in [-0.2, 0) is 12.8 Å². The number of ether oxygens (including phenoxy) is 1. The van der Waals surface area contributed by atoms with E-state index in [4.69, 9.17) is 9.84 Å². The summed E-state index contributed by atoms with van der Waals surface area (Å²) < 4.78 is 7.65. The van der Waals surface area contributed by atoms with Crippen molar-refractivity contribution in [2.24, 2.45) is 0 Å². The largest absolute Gasteiger partial charge is 0.493 e. The molecule has 0 unspecified atom stereocenters. The molecular formula is C22H22N2O4. The van der Waals surface area contributed by atoms with Gasteiger partial charge in [-0.1, -0.05) is 36.4 Å². The van der Waals surface area contributed by atoms with Crippen LogP contribution in [0.25, 0.3) is 11.3 Å². The number of nitrogens with zero attached hydrogens (tertiary/aromatic N) is 2. The van der Waals surface area contributed by atoms with Crippen LogP contribution in [-0.4, -0.2) is 38.9 Å². The summed E-state index contributed by atoms with van der Waals surface area (Å²) in [7, 11) is 0. The van der Waals surface area contributed by atoms with Crippen LogP contribution in [0.1, 0.15) is 34.1 Å². The van der Waals surface area contributed by atoms with Crippen LogP contribution in [0.2, 0.25) is 0 Å². The summed E-state index contributed by atoms with van der Waals surface area (Å²) in [5.74, 6) is -0.402. The SMILES string of the molecule is O=C(O)c1ncn(C2Cc3ccccc3C2)c1-c1cccc(OCCCO)c1. The van der Waals surface area contributed by atoms with E-state index >= 15 is 0 Å². The van der Waals surface area contributed by atoms with Crippen molar-refractivity contribution in [2.45, 2.75) is 25.3 Å². The fourth-order valence-electron chi connectivity index (χ4n) is 3.80. The zero-order valence-electron chi connectivity index (χ0n) is 15.4. The zero-order chi connectivity index (χ0) is 19.5. The summed E-state index contributed by atoms with van der Waals surface area (Å²) in [4.78, 5) is 16.0. The Morgan fingerprint density at radius 1 is 1.14 bits per heavy atom. The van der Waals surface area contributed by atoms with Crippen molar-refractivity contribution in [3.8, 4) is 17.0 Å². The number of carboxylic acid groups (broad SMARTS) is 1. The van der Waals surface area contributed by atoms with E-state index < -0.39 is 5.97 Å². The van der Waals surface area contributed by atoms with Crippen molar-refractivity contribution in [1.82, 2.24) is 9.55 Å². The Morgan fingerprint density at radius 2 is 1.89 bits per heavy atom.